The van der Waals surface area contributed by atoms with Crippen LogP contribution in [0.25, 0.3) is 0 Å². The Labute approximate surface area is 102 Å². The third kappa shape index (κ3) is 4.05. The van der Waals surface area contributed by atoms with Gasteiger partial charge in [-0.15, -0.1) is 0 Å². The number of rotatable bonds is 5. The number of nitrogens with two attached hydrogens (primary N) is 1. The normalized spacial score (nSPS) is 11.1. The Kier molecular flexibility index (Phi) is 4.93. The Morgan fingerprint density at radius 2 is 2.18 bits per heavy atom. The molecule has 6 heteroatoms. The molecule has 0 aliphatic heterocycles. The largest absolute Gasteiger partial charge is 0.381 e. The maximum Gasteiger partial charge on any atom is 0.381 e. The van der Waals surface area contributed by atoms with E-state index in [9.17, 15) is 13.6 Å². The van der Waals surface area contributed by atoms with Crippen molar-refractivity contribution in [3.05, 3.63) is 46.6 Å². The minimum Gasteiger partial charge on any atom is -0.300 e. The molecule has 0 unspecified atom stereocenters. The molecule has 1 aromatic rings. The minimum absolute atomic E-state index is 0.00403. The van der Waals surface area contributed by atoms with Crippen molar-refractivity contribution in [1.29, 1.82) is 5.41 Å². The Balaban J connectivity index is 2.82. The first-order chi connectivity index (χ1) is 8.04. The number of carbonyl (C=O) groups is 1. The first-order valence-electron chi connectivity index (χ1n) is 4.68. The van der Waals surface area contributed by atoms with Gasteiger partial charge in [-0.2, -0.15) is 8.78 Å². The van der Waals surface area contributed by atoms with Crippen molar-refractivity contribution >= 4 is 23.6 Å². The highest BCUT2D eigenvalue weighted by atomic mass is 35.5. The van der Waals surface area contributed by atoms with Crippen LogP contribution >= 0.6 is 11.6 Å². The molecule has 0 fully saturated rings. The molecule has 0 aromatic heterocycles. The molecular formula is C11H10ClF2N2O+. The van der Waals surface area contributed by atoms with Crippen LogP contribution in [0.2, 0.25) is 5.02 Å². The third-order valence-electron chi connectivity index (χ3n) is 1.94. The highest BCUT2D eigenvalue weighted by Crippen LogP contribution is 2.17. The molecule has 0 amide bonds. The number of alkyl halides is 2. The third-order valence-corrected chi connectivity index (χ3v) is 2.25. The fraction of sp³-hybridized carbons (Fsp3) is 0.0909. The Morgan fingerprint density at radius 3 is 2.71 bits per heavy atom. The minimum atomic E-state index is -2.55. The van der Waals surface area contributed by atoms with Gasteiger partial charge in [0.2, 0.25) is 0 Å². The van der Waals surface area contributed by atoms with Gasteiger partial charge in [-0.25, -0.2) is 0 Å². The molecule has 0 bridgehead atoms. The van der Waals surface area contributed by atoms with Crippen LogP contribution in [-0.2, 0) is 0 Å². The second kappa shape index (κ2) is 6.22. The lowest BCUT2D eigenvalue weighted by Crippen LogP contribution is -2.81. The SMILES string of the molecule is N=C(/C=C\[NH2+]C(F)F)c1ccc(C=O)cc1Cl. The van der Waals surface area contributed by atoms with Gasteiger partial charge in [0.15, 0.2) is 0 Å². The molecule has 0 spiro atoms. The average Bonchev–Trinajstić information content (AvgIpc) is 2.28. The summed E-state index contributed by atoms with van der Waals surface area (Å²) < 4.78 is 23.6. The van der Waals surface area contributed by atoms with Gasteiger partial charge in [0, 0.05) is 17.2 Å². The Hall–Kier alpha value is -1.59. The molecule has 0 aliphatic carbocycles. The predicted molar refractivity (Wildman–Crippen MR) is 60.7 cm³/mol. The molecule has 90 valence electrons. The lowest BCUT2D eigenvalue weighted by Gasteiger charge is -2.02. The summed E-state index contributed by atoms with van der Waals surface area (Å²) >= 11 is 5.85. The van der Waals surface area contributed by atoms with Crippen LogP contribution in [0.5, 0.6) is 0 Å². The number of hydrogen-bond donors (Lipinski definition) is 2. The zero-order valence-corrected chi connectivity index (χ0v) is 9.42. The van der Waals surface area contributed by atoms with Crippen molar-refractivity contribution < 1.29 is 18.9 Å². The second-order valence-corrected chi connectivity index (χ2v) is 3.56. The smallest absolute Gasteiger partial charge is 0.300 e. The van der Waals surface area contributed by atoms with Crippen LogP contribution in [0.3, 0.4) is 0 Å². The molecule has 1 aromatic carbocycles. The first kappa shape index (κ1) is 13.5. The monoisotopic (exact) mass is 259 g/mol. The molecule has 0 saturated carbocycles. The Morgan fingerprint density at radius 1 is 1.47 bits per heavy atom. The summed E-state index contributed by atoms with van der Waals surface area (Å²) in [6, 6.07) is 4.43. The molecule has 3 N–H and O–H groups in total. The summed E-state index contributed by atoms with van der Waals surface area (Å²) in [7, 11) is 0. The number of aldehydes is 1. The quantitative estimate of drug-likeness (QED) is 0.473. The van der Waals surface area contributed by atoms with E-state index >= 15 is 0 Å². The maximum absolute atomic E-state index is 11.8. The molecule has 0 saturated heterocycles. The average molecular weight is 260 g/mol. The number of allylic oxidation sites excluding steroid dienone is 1. The van der Waals surface area contributed by atoms with Gasteiger partial charge in [-0.1, -0.05) is 23.7 Å². The fourth-order valence-corrected chi connectivity index (χ4v) is 1.44. The number of carbonyl (C=O) groups excluding carboxylic acids is 1. The van der Waals surface area contributed by atoms with Crippen LogP contribution in [0.4, 0.5) is 8.78 Å². The van der Waals surface area contributed by atoms with Crippen molar-refractivity contribution in [3.8, 4) is 0 Å². The molecule has 17 heavy (non-hydrogen) atoms. The van der Waals surface area contributed by atoms with E-state index in [0.29, 0.717) is 22.7 Å². The van der Waals surface area contributed by atoms with Gasteiger partial charge in [0.05, 0.1) is 16.9 Å². The zero-order valence-electron chi connectivity index (χ0n) is 8.66. The number of nitrogens with one attached hydrogen (secondary N) is 1. The predicted octanol–water partition coefficient (Wildman–Crippen LogP) is 1.82. The summed E-state index contributed by atoms with van der Waals surface area (Å²) in [5, 5.41) is 8.52. The van der Waals surface area contributed by atoms with Crippen LogP contribution in [0.1, 0.15) is 15.9 Å². The van der Waals surface area contributed by atoms with E-state index < -0.39 is 6.55 Å². The summed E-state index contributed by atoms with van der Waals surface area (Å²) in [4.78, 5) is 10.5. The second-order valence-electron chi connectivity index (χ2n) is 3.16. The van der Waals surface area contributed by atoms with E-state index in [0.717, 1.165) is 6.20 Å². The number of halogens is 3. The highest BCUT2D eigenvalue weighted by Gasteiger charge is 2.06. The molecule has 0 radical (unpaired) electrons. The summed E-state index contributed by atoms with van der Waals surface area (Å²) in [6.45, 7) is -2.55. The standard InChI is InChI=1S/C11H9ClF2N2O/c12-9-5-7(6-17)1-2-8(9)10(15)3-4-16-11(13)14/h1-6,11,15-16H/p+1/b4-3-,15-10?. The molecular weight excluding hydrogens is 250 g/mol. The van der Waals surface area contributed by atoms with Gasteiger partial charge in [-0.3, -0.25) is 10.1 Å². The van der Waals surface area contributed by atoms with Crippen LogP contribution < -0.4 is 5.32 Å². The van der Waals surface area contributed by atoms with Crippen LogP contribution in [0.15, 0.2) is 30.5 Å². The summed E-state index contributed by atoms with van der Waals surface area (Å²) in [5.41, 5.74) is 0.787. The van der Waals surface area contributed by atoms with Gasteiger partial charge in [0.25, 0.3) is 0 Å². The van der Waals surface area contributed by atoms with Crippen LogP contribution in [0, 0.1) is 5.41 Å². The van der Waals surface area contributed by atoms with Crippen molar-refractivity contribution in [2.75, 3.05) is 0 Å². The molecule has 1 rings (SSSR count). The van der Waals surface area contributed by atoms with E-state index in [-0.39, 0.29) is 10.7 Å². The van der Waals surface area contributed by atoms with E-state index in [2.05, 4.69) is 0 Å². The molecule has 0 heterocycles. The maximum atomic E-state index is 11.8. The van der Waals surface area contributed by atoms with Gasteiger partial charge in [-0.05, 0) is 6.07 Å². The van der Waals surface area contributed by atoms with E-state index in [1.165, 1.54) is 24.3 Å². The number of quaternary nitrogens is 1. The van der Waals surface area contributed by atoms with Crippen molar-refractivity contribution in [1.82, 2.24) is 0 Å². The molecule has 0 atom stereocenters. The zero-order chi connectivity index (χ0) is 12.8. The van der Waals surface area contributed by atoms with Crippen LogP contribution in [-0.4, -0.2) is 18.5 Å². The topological polar surface area (TPSA) is 57.5 Å². The lowest BCUT2D eigenvalue weighted by molar-refractivity contribution is -0.681. The summed E-state index contributed by atoms with van der Waals surface area (Å²) in [6.07, 6.45) is 2.95. The van der Waals surface area contributed by atoms with Gasteiger partial charge in [0.1, 0.15) is 6.29 Å². The number of hydrogen-bond acceptors (Lipinski definition) is 2. The lowest BCUT2D eigenvalue weighted by atomic mass is 10.1. The Bertz CT molecular complexity index is 461. The summed E-state index contributed by atoms with van der Waals surface area (Å²) in [5.74, 6) is 0. The van der Waals surface area contributed by atoms with Crippen molar-refractivity contribution in [2.45, 2.75) is 6.55 Å². The van der Waals surface area contributed by atoms with Crippen molar-refractivity contribution in [2.24, 2.45) is 0 Å². The fourth-order valence-electron chi connectivity index (χ4n) is 1.15. The van der Waals surface area contributed by atoms with Gasteiger partial charge >= 0.3 is 6.55 Å². The van der Waals surface area contributed by atoms with E-state index in [1.807, 2.05) is 0 Å². The van der Waals surface area contributed by atoms with E-state index in [1.54, 1.807) is 0 Å². The van der Waals surface area contributed by atoms with Crippen molar-refractivity contribution in [3.63, 3.8) is 0 Å². The van der Waals surface area contributed by atoms with E-state index in [4.69, 9.17) is 17.0 Å². The molecule has 0 aliphatic rings. The first-order valence-corrected chi connectivity index (χ1v) is 5.05. The molecule has 3 nitrogen and oxygen atoms in total. The number of benzene rings is 1. The highest BCUT2D eigenvalue weighted by molar-refractivity contribution is 6.35. The van der Waals surface area contributed by atoms with Gasteiger partial charge < -0.3 is 5.41 Å².